The van der Waals surface area contributed by atoms with Crippen molar-refractivity contribution in [2.24, 2.45) is 0 Å². The van der Waals surface area contributed by atoms with Gasteiger partial charge in [0, 0.05) is 25.6 Å². The van der Waals surface area contributed by atoms with Gasteiger partial charge in [0.25, 0.3) is 5.91 Å². The zero-order valence-corrected chi connectivity index (χ0v) is 12.3. The summed E-state index contributed by atoms with van der Waals surface area (Å²) in [6.45, 7) is 0.900. The molecule has 10 heteroatoms. The molecule has 1 aromatic heterocycles. The summed E-state index contributed by atoms with van der Waals surface area (Å²) in [5.41, 5.74) is 0. The van der Waals surface area contributed by atoms with Gasteiger partial charge in [-0.25, -0.2) is 14.5 Å². The van der Waals surface area contributed by atoms with Gasteiger partial charge in [0.15, 0.2) is 5.82 Å². The number of hydrogen-bond donors (Lipinski definition) is 3. The molecule has 124 valence electrons. The predicted molar refractivity (Wildman–Crippen MR) is 74.6 cm³/mol. The van der Waals surface area contributed by atoms with Crippen molar-refractivity contribution >= 4 is 17.9 Å². The van der Waals surface area contributed by atoms with Crippen LogP contribution in [0.4, 0.5) is 4.79 Å². The lowest BCUT2D eigenvalue weighted by molar-refractivity contribution is -0.138. The topological polar surface area (TPSA) is 135 Å². The minimum absolute atomic E-state index is 0.0983. The van der Waals surface area contributed by atoms with Crippen molar-refractivity contribution in [2.75, 3.05) is 13.2 Å². The average molecular weight is 323 g/mol. The molecule has 0 spiro atoms. The predicted octanol–water partition coefficient (Wildman–Crippen LogP) is -0.993. The van der Waals surface area contributed by atoms with Crippen molar-refractivity contribution in [3.05, 3.63) is 11.6 Å². The molecule has 3 amide bonds. The highest BCUT2D eigenvalue weighted by atomic mass is 16.5. The van der Waals surface area contributed by atoms with E-state index in [1.165, 1.54) is 4.68 Å². The Morgan fingerprint density at radius 3 is 2.70 bits per heavy atom. The molecule has 1 aromatic rings. The molecule has 2 fully saturated rings. The van der Waals surface area contributed by atoms with Gasteiger partial charge in [-0.2, -0.15) is 5.10 Å². The van der Waals surface area contributed by atoms with Crippen LogP contribution in [0.15, 0.2) is 0 Å². The summed E-state index contributed by atoms with van der Waals surface area (Å²) >= 11 is 0. The Morgan fingerprint density at radius 1 is 1.35 bits per heavy atom. The van der Waals surface area contributed by atoms with Crippen LogP contribution in [-0.2, 0) is 27.3 Å². The number of carbonyl (C=O) groups is 3. The molecule has 1 atom stereocenters. The molecule has 10 nitrogen and oxygen atoms in total. The molecule has 0 aromatic carbocycles. The summed E-state index contributed by atoms with van der Waals surface area (Å²) in [5, 5.41) is 17.9. The number of nitrogens with one attached hydrogen (secondary N) is 2. The van der Waals surface area contributed by atoms with Crippen molar-refractivity contribution in [3.8, 4) is 0 Å². The highest BCUT2D eigenvalue weighted by molar-refractivity contribution is 6.04. The van der Waals surface area contributed by atoms with Crippen LogP contribution < -0.4 is 10.6 Å². The van der Waals surface area contributed by atoms with Gasteiger partial charge in [0.1, 0.15) is 18.4 Å². The quantitative estimate of drug-likeness (QED) is 0.592. The maximum atomic E-state index is 11.6. The number of rotatable bonds is 5. The van der Waals surface area contributed by atoms with Crippen LogP contribution in [0.25, 0.3) is 0 Å². The van der Waals surface area contributed by atoms with Crippen molar-refractivity contribution < 1.29 is 24.2 Å². The highest BCUT2D eigenvalue weighted by Gasteiger charge is 2.32. The van der Waals surface area contributed by atoms with Crippen molar-refractivity contribution in [3.63, 3.8) is 0 Å². The van der Waals surface area contributed by atoms with Gasteiger partial charge in [-0.15, -0.1) is 0 Å². The van der Waals surface area contributed by atoms with Gasteiger partial charge < -0.3 is 15.2 Å². The van der Waals surface area contributed by atoms with E-state index >= 15 is 0 Å². The fraction of sp³-hybridized carbons (Fsp3) is 0.615. The Morgan fingerprint density at radius 2 is 2.09 bits per heavy atom. The monoisotopic (exact) mass is 323 g/mol. The van der Waals surface area contributed by atoms with Gasteiger partial charge in [-0.1, -0.05) is 0 Å². The van der Waals surface area contributed by atoms with Crippen LogP contribution in [0, 0.1) is 0 Å². The first-order valence-electron chi connectivity index (χ1n) is 7.37. The number of hydrogen-bond acceptors (Lipinski definition) is 6. The summed E-state index contributed by atoms with van der Waals surface area (Å²) in [6, 6.07) is -1.32. The van der Waals surface area contributed by atoms with Crippen LogP contribution in [0.1, 0.15) is 30.4 Å². The zero-order valence-electron chi connectivity index (χ0n) is 12.3. The van der Waals surface area contributed by atoms with E-state index in [-0.39, 0.29) is 18.9 Å². The van der Waals surface area contributed by atoms with Crippen molar-refractivity contribution in [1.82, 2.24) is 25.4 Å². The molecule has 23 heavy (non-hydrogen) atoms. The molecule has 3 N–H and O–H groups in total. The number of imide groups is 1. The Kier molecular flexibility index (Phi) is 4.24. The van der Waals surface area contributed by atoms with E-state index in [1.54, 1.807) is 0 Å². The van der Waals surface area contributed by atoms with Crippen LogP contribution in [0.5, 0.6) is 0 Å². The van der Waals surface area contributed by atoms with Gasteiger partial charge in [-0.3, -0.25) is 14.9 Å². The van der Waals surface area contributed by atoms with E-state index in [9.17, 15) is 14.4 Å². The lowest BCUT2D eigenvalue weighted by Crippen LogP contribution is -2.32. The number of carboxylic acids is 1. The molecule has 2 aliphatic rings. The lowest BCUT2D eigenvalue weighted by Gasteiger charge is -2.18. The number of aromatic nitrogens is 3. The second-order valence-corrected chi connectivity index (χ2v) is 5.54. The first-order valence-corrected chi connectivity index (χ1v) is 7.37. The van der Waals surface area contributed by atoms with Crippen LogP contribution in [-0.4, -0.2) is 57.0 Å². The third kappa shape index (κ3) is 3.47. The molecule has 0 aliphatic carbocycles. The van der Waals surface area contributed by atoms with Crippen LogP contribution in [0.3, 0.4) is 0 Å². The summed E-state index contributed by atoms with van der Waals surface area (Å²) in [7, 11) is 0. The minimum Gasteiger partial charge on any atom is -0.480 e. The number of urea groups is 1. The Bertz CT molecular complexity index is 637. The van der Waals surface area contributed by atoms with E-state index in [1.807, 2.05) is 0 Å². The van der Waals surface area contributed by atoms with E-state index in [0.717, 1.165) is 12.8 Å². The number of nitrogens with zero attached hydrogens (tertiary/aromatic N) is 3. The summed E-state index contributed by atoms with van der Waals surface area (Å²) in [5.74, 6) is -0.447. The molecule has 1 unspecified atom stereocenters. The molecular formula is C13H17N5O5. The minimum atomic E-state index is -1.05. The van der Waals surface area contributed by atoms with E-state index < -0.39 is 23.9 Å². The third-order valence-electron chi connectivity index (χ3n) is 3.88. The fourth-order valence-electron chi connectivity index (χ4n) is 2.71. The number of aliphatic carboxylic acids is 1. The Hall–Kier alpha value is -2.49. The lowest BCUT2D eigenvalue weighted by atomic mass is 10.00. The second-order valence-electron chi connectivity index (χ2n) is 5.54. The maximum Gasteiger partial charge on any atom is 0.325 e. The molecule has 0 saturated carbocycles. The average Bonchev–Trinajstić information content (AvgIpc) is 3.03. The van der Waals surface area contributed by atoms with E-state index in [4.69, 9.17) is 9.84 Å². The SMILES string of the molecule is O=C(O)Cn1nc(C2CCOCC2)nc1CC1NC(=O)NC1=O. The maximum absolute atomic E-state index is 11.6. The Balaban J connectivity index is 1.81. The molecule has 3 rings (SSSR count). The van der Waals surface area contributed by atoms with Gasteiger partial charge in [0.2, 0.25) is 0 Å². The zero-order chi connectivity index (χ0) is 16.4. The smallest absolute Gasteiger partial charge is 0.325 e. The largest absolute Gasteiger partial charge is 0.480 e. The second kappa shape index (κ2) is 6.32. The third-order valence-corrected chi connectivity index (χ3v) is 3.88. The molecule has 3 heterocycles. The molecule has 2 saturated heterocycles. The molecule has 2 aliphatic heterocycles. The first-order chi connectivity index (χ1) is 11.0. The van der Waals surface area contributed by atoms with Crippen molar-refractivity contribution in [1.29, 1.82) is 0 Å². The number of amides is 3. The van der Waals surface area contributed by atoms with E-state index in [2.05, 4.69) is 20.7 Å². The normalized spacial score (nSPS) is 22.0. The van der Waals surface area contributed by atoms with Gasteiger partial charge >= 0.3 is 12.0 Å². The van der Waals surface area contributed by atoms with Gasteiger partial charge in [0.05, 0.1) is 0 Å². The molecule has 0 radical (unpaired) electrons. The summed E-state index contributed by atoms with van der Waals surface area (Å²) in [4.78, 5) is 38.2. The van der Waals surface area contributed by atoms with Gasteiger partial charge in [-0.05, 0) is 12.8 Å². The summed E-state index contributed by atoms with van der Waals surface area (Å²) in [6.07, 6.45) is 1.65. The first kappa shape index (κ1) is 15.4. The molecule has 0 bridgehead atoms. The number of ether oxygens (including phenoxy) is 1. The fourth-order valence-corrected chi connectivity index (χ4v) is 2.71. The summed E-state index contributed by atoms with van der Waals surface area (Å²) < 4.78 is 6.58. The number of carboxylic acid groups (broad SMARTS) is 1. The van der Waals surface area contributed by atoms with Crippen LogP contribution >= 0.6 is 0 Å². The van der Waals surface area contributed by atoms with E-state index in [0.29, 0.717) is 24.9 Å². The Labute approximate surface area is 131 Å². The standard InChI is InChI=1S/C13H17N5O5/c19-10(20)6-18-9(5-8-12(21)16-13(22)14-8)15-11(17-18)7-1-3-23-4-2-7/h7-8H,1-6H2,(H,19,20)(H2,14,16,21,22). The van der Waals surface area contributed by atoms with Crippen LogP contribution in [0.2, 0.25) is 0 Å². The highest BCUT2D eigenvalue weighted by Crippen LogP contribution is 2.24. The molecular weight excluding hydrogens is 306 g/mol. The van der Waals surface area contributed by atoms with Crippen molar-refractivity contribution in [2.45, 2.75) is 37.8 Å². The number of carbonyl (C=O) groups excluding carboxylic acids is 2.